The quantitative estimate of drug-likeness (QED) is 0.167. The van der Waals surface area contributed by atoms with Crippen molar-refractivity contribution in [3.8, 4) is 0 Å². The highest BCUT2D eigenvalue weighted by Gasteiger charge is 2.70. The molecule has 45 heavy (non-hydrogen) atoms. The van der Waals surface area contributed by atoms with Crippen LogP contribution in [0.1, 0.15) is 92.4 Å². The van der Waals surface area contributed by atoms with Crippen molar-refractivity contribution < 1.29 is 57.3 Å². The fourth-order valence-corrected chi connectivity index (χ4v) is 11.5. The summed E-state index contributed by atoms with van der Waals surface area (Å²) in [7, 11) is -4.90. The molecular weight excluding hydrogens is 608 g/mol. The first-order valence-corrected chi connectivity index (χ1v) is 18.2. The van der Waals surface area contributed by atoms with Crippen LogP contribution in [0.2, 0.25) is 0 Å². The van der Waals surface area contributed by atoms with Crippen LogP contribution in [0.15, 0.2) is 0 Å². The molecule has 5 rings (SSSR count). The van der Waals surface area contributed by atoms with Gasteiger partial charge in [-0.15, -0.1) is 0 Å². The standard InChI is InChI=1S/C32H56O12S/c1-16(2)23(42-29-26(37)27(24(15-33)43-29)44-45(39,40)41)7-6-17(3)19-13-21(35)28-31(19,5)11-9-25-30(4)10-8-18(34)12-20(30)22(36)14-32(25,28)38/h16-29,33-38H,6-15H2,1-5H3,(H,39,40,41)/t17-,18+,19-,20?,21+,22+,23+,24+,25?,26-,27+,28?,29-,30+,31-,32+/m1/s1. The molecule has 1 heterocycles. The van der Waals surface area contributed by atoms with Gasteiger partial charge in [0.2, 0.25) is 0 Å². The van der Waals surface area contributed by atoms with E-state index in [1.54, 1.807) is 0 Å². The average Bonchev–Trinajstić information content (AvgIpc) is 3.38. The minimum absolute atomic E-state index is 0.00204. The van der Waals surface area contributed by atoms with E-state index in [1.165, 1.54) is 0 Å². The molecule has 7 N–H and O–H groups in total. The summed E-state index contributed by atoms with van der Waals surface area (Å²) in [4.78, 5) is 0. The summed E-state index contributed by atoms with van der Waals surface area (Å²) in [5.41, 5.74) is -1.84. The molecule has 0 aromatic carbocycles. The van der Waals surface area contributed by atoms with Crippen LogP contribution in [0, 0.1) is 46.3 Å². The molecule has 0 spiro atoms. The van der Waals surface area contributed by atoms with Crippen LogP contribution < -0.4 is 0 Å². The van der Waals surface area contributed by atoms with Crippen LogP contribution in [0.5, 0.6) is 0 Å². The Morgan fingerprint density at radius 1 is 0.956 bits per heavy atom. The second-order valence-electron chi connectivity index (χ2n) is 16.0. The van der Waals surface area contributed by atoms with Crippen LogP contribution >= 0.6 is 0 Å². The molecule has 4 saturated carbocycles. The highest BCUT2D eigenvalue weighted by Crippen LogP contribution is 2.69. The first kappa shape index (κ1) is 35.8. The third-order valence-corrected chi connectivity index (χ3v) is 13.6. The highest BCUT2D eigenvalue weighted by atomic mass is 32.3. The average molecular weight is 665 g/mol. The van der Waals surface area contributed by atoms with E-state index in [4.69, 9.17) is 14.0 Å². The number of rotatable bonds is 10. The van der Waals surface area contributed by atoms with E-state index in [0.29, 0.717) is 25.7 Å². The molecule has 0 bridgehead atoms. The van der Waals surface area contributed by atoms with Crippen molar-refractivity contribution in [1.82, 2.24) is 0 Å². The minimum atomic E-state index is -4.90. The third-order valence-electron chi connectivity index (χ3n) is 13.1. The largest absolute Gasteiger partial charge is 0.397 e. The van der Waals surface area contributed by atoms with E-state index in [2.05, 4.69) is 25.0 Å². The lowest BCUT2D eigenvalue weighted by Gasteiger charge is -2.66. The molecule has 4 aliphatic carbocycles. The maximum Gasteiger partial charge on any atom is 0.397 e. The molecule has 16 atom stereocenters. The first-order chi connectivity index (χ1) is 20.9. The topological polar surface area (TPSA) is 203 Å². The van der Waals surface area contributed by atoms with Crippen LogP contribution in [-0.4, -0.2) is 105 Å². The minimum Gasteiger partial charge on any atom is -0.394 e. The Bertz CT molecular complexity index is 1150. The number of hydrogen-bond acceptors (Lipinski definition) is 11. The van der Waals surface area contributed by atoms with Gasteiger partial charge in [0.05, 0.1) is 36.6 Å². The predicted octanol–water partition coefficient (Wildman–Crippen LogP) is 1.79. The molecule has 262 valence electrons. The lowest BCUT2D eigenvalue weighted by molar-refractivity contribution is -0.263. The summed E-state index contributed by atoms with van der Waals surface area (Å²) in [6.07, 6.45) is -2.09. The molecule has 13 heteroatoms. The molecule has 0 radical (unpaired) electrons. The van der Waals surface area contributed by atoms with Gasteiger partial charge < -0.3 is 40.1 Å². The van der Waals surface area contributed by atoms with Crippen molar-refractivity contribution in [2.45, 2.75) is 147 Å². The lowest BCUT2D eigenvalue weighted by Crippen LogP contribution is -2.68. The van der Waals surface area contributed by atoms with Gasteiger partial charge in [0.15, 0.2) is 6.29 Å². The van der Waals surface area contributed by atoms with Crippen LogP contribution in [0.25, 0.3) is 0 Å². The van der Waals surface area contributed by atoms with Gasteiger partial charge in [-0.3, -0.25) is 4.55 Å². The summed E-state index contributed by atoms with van der Waals surface area (Å²) < 4.78 is 47.9. The zero-order valence-corrected chi connectivity index (χ0v) is 28.1. The molecule has 5 aliphatic rings. The molecular formula is C32H56O12S. The van der Waals surface area contributed by atoms with Crippen molar-refractivity contribution >= 4 is 10.4 Å². The number of ether oxygens (including phenoxy) is 2. The lowest BCUT2D eigenvalue weighted by atomic mass is 9.42. The van der Waals surface area contributed by atoms with Gasteiger partial charge in [0.25, 0.3) is 0 Å². The molecule has 1 aliphatic heterocycles. The van der Waals surface area contributed by atoms with Gasteiger partial charge in [-0.25, -0.2) is 4.18 Å². The van der Waals surface area contributed by atoms with Crippen molar-refractivity contribution in [2.24, 2.45) is 46.3 Å². The Morgan fingerprint density at radius 3 is 2.24 bits per heavy atom. The molecule has 12 nitrogen and oxygen atoms in total. The van der Waals surface area contributed by atoms with E-state index in [-0.39, 0.29) is 52.8 Å². The van der Waals surface area contributed by atoms with Crippen molar-refractivity contribution in [2.75, 3.05) is 6.61 Å². The first-order valence-electron chi connectivity index (χ1n) is 16.9. The fraction of sp³-hybridized carbons (Fsp3) is 1.00. The zero-order valence-electron chi connectivity index (χ0n) is 27.2. The van der Waals surface area contributed by atoms with E-state index < -0.39 is 71.6 Å². The predicted molar refractivity (Wildman–Crippen MR) is 162 cm³/mol. The second-order valence-corrected chi connectivity index (χ2v) is 17.0. The third kappa shape index (κ3) is 6.38. The van der Waals surface area contributed by atoms with Gasteiger partial charge in [-0.05, 0) is 91.8 Å². The van der Waals surface area contributed by atoms with E-state index >= 15 is 0 Å². The van der Waals surface area contributed by atoms with Crippen LogP contribution in [0.4, 0.5) is 0 Å². The maximum absolute atomic E-state index is 12.5. The Morgan fingerprint density at radius 2 is 1.62 bits per heavy atom. The fourth-order valence-electron chi connectivity index (χ4n) is 11.0. The Kier molecular flexibility index (Phi) is 10.2. The maximum atomic E-state index is 12.5. The molecule has 0 aromatic rings. The molecule has 5 fully saturated rings. The van der Waals surface area contributed by atoms with Crippen molar-refractivity contribution in [3.05, 3.63) is 0 Å². The Balaban J connectivity index is 1.27. The van der Waals surface area contributed by atoms with E-state index in [9.17, 15) is 39.1 Å². The zero-order chi connectivity index (χ0) is 33.3. The Labute approximate surface area is 267 Å². The number of aliphatic hydroxyl groups is 6. The summed E-state index contributed by atoms with van der Waals surface area (Å²) in [6.45, 7) is 9.81. The summed E-state index contributed by atoms with van der Waals surface area (Å²) in [6, 6.07) is 0. The van der Waals surface area contributed by atoms with Gasteiger partial charge in [-0.1, -0.05) is 34.6 Å². The smallest absolute Gasteiger partial charge is 0.394 e. The molecule has 3 unspecified atom stereocenters. The summed E-state index contributed by atoms with van der Waals surface area (Å²) >= 11 is 0. The van der Waals surface area contributed by atoms with Crippen LogP contribution in [0.3, 0.4) is 0 Å². The van der Waals surface area contributed by atoms with E-state index in [0.717, 1.165) is 25.7 Å². The van der Waals surface area contributed by atoms with Gasteiger partial charge in [0, 0.05) is 12.3 Å². The summed E-state index contributed by atoms with van der Waals surface area (Å²) in [5, 5.41) is 66.2. The monoisotopic (exact) mass is 664 g/mol. The number of hydrogen-bond donors (Lipinski definition) is 7. The van der Waals surface area contributed by atoms with Gasteiger partial charge in [0.1, 0.15) is 18.3 Å². The van der Waals surface area contributed by atoms with E-state index in [1.807, 2.05) is 13.8 Å². The van der Waals surface area contributed by atoms with Crippen molar-refractivity contribution in [3.63, 3.8) is 0 Å². The second kappa shape index (κ2) is 12.8. The van der Waals surface area contributed by atoms with Crippen LogP contribution in [-0.2, 0) is 24.1 Å². The normalized spacial score (nSPS) is 49.8. The van der Waals surface area contributed by atoms with Crippen molar-refractivity contribution in [1.29, 1.82) is 0 Å². The highest BCUT2D eigenvalue weighted by molar-refractivity contribution is 7.80. The molecule has 0 aromatic heterocycles. The SMILES string of the molecule is CC(C)[C@H](CC[C@@H](C)[C@H]1C[C@H](O)C2[C@]3(O)C[C@H](O)C4C[C@@H](O)CC[C@]4(C)C3CC[C@@]21C)O[C@@H]1O[C@@H](CO)[C@H](OS(=O)(=O)O)[C@H]1O. The molecule has 1 saturated heterocycles. The number of fused-ring (bicyclic) bond motifs is 5. The van der Waals surface area contributed by atoms with Gasteiger partial charge in [-0.2, -0.15) is 8.42 Å². The number of aliphatic hydroxyl groups excluding tert-OH is 5. The summed E-state index contributed by atoms with van der Waals surface area (Å²) in [5.74, 6) is -0.225. The Hall–Kier alpha value is -0.450. The molecule has 0 amide bonds. The van der Waals surface area contributed by atoms with Gasteiger partial charge >= 0.3 is 10.4 Å².